The van der Waals surface area contributed by atoms with Crippen LogP contribution in [0.4, 0.5) is 5.69 Å². The largest absolute Gasteiger partial charge is 0.497 e. The van der Waals surface area contributed by atoms with E-state index < -0.39 is 28.5 Å². The van der Waals surface area contributed by atoms with E-state index >= 15 is 0 Å². The first-order chi connectivity index (χ1) is 22.0. The highest BCUT2D eigenvalue weighted by molar-refractivity contribution is 9.10. The van der Waals surface area contributed by atoms with Gasteiger partial charge in [-0.05, 0) is 72.5 Å². The molecule has 0 aliphatic carbocycles. The highest BCUT2D eigenvalue weighted by Gasteiger charge is 2.34. The van der Waals surface area contributed by atoms with Gasteiger partial charge in [0.1, 0.15) is 18.3 Å². The number of anilines is 1. The maximum Gasteiger partial charge on any atom is 0.264 e. The van der Waals surface area contributed by atoms with Gasteiger partial charge in [0, 0.05) is 24.0 Å². The molecule has 0 spiro atoms. The lowest BCUT2D eigenvalue weighted by Crippen LogP contribution is -2.53. The smallest absolute Gasteiger partial charge is 0.264 e. The third-order valence-corrected chi connectivity index (χ3v) is 9.73. The maximum atomic E-state index is 14.5. The minimum absolute atomic E-state index is 0.0516. The van der Waals surface area contributed by atoms with Crippen LogP contribution in [-0.4, -0.2) is 51.4 Å². The molecule has 2 amide bonds. The lowest BCUT2D eigenvalue weighted by atomic mass is 10.0. The lowest BCUT2D eigenvalue weighted by Gasteiger charge is -2.34. The molecule has 4 aromatic rings. The van der Waals surface area contributed by atoms with Crippen LogP contribution in [-0.2, 0) is 32.6 Å². The van der Waals surface area contributed by atoms with Crippen LogP contribution in [0, 0.1) is 12.8 Å². The second-order valence-corrected chi connectivity index (χ2v) is 14.3. The number of hydrogen-bond donors (Lipinski definition) is 1. The van der Waals surface area contributed by atoms with Gasteiger partial charge in [-0.25, -0.2) is 8.42 Å². The van der Waals surface area contributed by atoms with E-state index in [1.54, 1.807) is 36.4 Å². The summed E-state index contributed by atoms with van der Waals surface area (Å²) in [5.41, 5.74) is 2.86. The number of nitrogens with one attached hydrogen (secondary N) is 1. The van der Waals surface area contributed by atoms with Gasteiger partial charge in [-0.3, -0.25) is 13.9 Å². The van der Waals surface area contributed by atoms with Gasteiger partial charge < -0.3 is 15.0 Å². The zero-order chi connectivity index (χ0) is 33.3. The van der Waals surface area contributed by atoms with Crippen molar-refractivity contribution in [3.8, 4) is 5.75 Å². The summed E-state index contributed by atoms with van der Waals surface area (Å²) in [6.07, 6.45) is 0.248. The maximum absolute atomic E-state index is 14.5. The normalized spacial score (nSPS) is 12.0. The Morgan fingerprint density at radius 1 is 0.870 bits per heavy atom. The minimum atomic E-state index is -4.19. The van der Waals surface area contributed by atoms with Crippen LogP contribution in [0.25, 0.3) is 0 Å². The summed E-state index contributed by atoms with van der Waals surface area (Å²) in [5.74, 6) is -0.0880. The predicted molar refractivity (Wildman–Crippen MR) is 185 cm³/mol. The van der Waals surface area contributed by atoms with Gasteiger partial charge in [0.25, 0.3) is 10.0 Å². The van der Waals surface area contributed by atoms with Crippen LogP contribution in [0.3, 0.4) is 0 Å². The van der Waals surface area contributed by atoms with Gasteiger partial charge in [0.05, 0.1) is 17.7 Å². The van der Waals surface area contributed by atoms with E-state index in [9.17, 15) is 18.0 Å². The monoisotopic (exact) mass is 705 g/mol. The zero-order valence-corrected chi connectivity index (χ0v) is 28.9. The van der Waals surface area contributed by atoms with Crippen molar-refractivity contribution >= 4 is 43.5 Å². The second kappa shape index (κ2) is 15.9. The Labute approximate surface area is 280 Å². The van der Waals surface area contributed by atoms with E-state index in [1.807, 2.05) is 75.4 Å². The van der Waals surface area contributed by atoms with E-state index in [1.165, 1.54) is 24.1 Å². The molecule has 8 nitrogen and oxygen atoms in total. The standard InChI is InChI=1S/C36H40BrN3O5S/c1-26(2)23-38-36(42)34(22-28-9-6-5-7-10-28)39(24-29-11-8-12-30(37)21-29)35(41)25-40(31-15-17-32(45-4)18-16-31)46(43,44)33-19-13-27(3)14-20-33/h5-21,26,34H,22-25H2,1-4H3,(H,38,42). The summed E-state index contributed by atoms with van der Waals surface area (Å²) in [6.45, 7) is 5.87. The van der Waals surface area contributed by atoms with Gasteiger partial charge in [-0.2, -0.15) is 0 Å². The van der Waals surface area contributed by atoms with Crippen LogP contribution in [0.5, 0.6) is 5.75 Å². The third-order valence-electron chi connectivity index (χ3n) is 7.45. The van der Waals surface area contributed by atoms with Gasteiger partial charge in [-0.1, -0.05) is 89.9 Å². The van der Waals surface area contributed by atoms with E-state index in [-0.39, 0.29) is 29.7 Å². The molecule has 0 aliphatic heterocycles. The molecule has 4 aromatic carbocycles. The van der Waals surface area contributed by atoms with Crippen molar-refractivity contribution in [2.75, 3.05) is 24.5 Å². The first-order valence-corrected chi connectivity index (χ1v) is 17.3. The van der Waals surface area contributed by atoms with E-state index in [0.29, 0.717) is 18.0 Å². The first-order valence-electron chi connectivity index (χ1n) is 15.1. The van der Waals surface area contributed by atoms with Crippen LogP contribution in [0.2, 0.25) is 0 Å². The highest BCUT2D eigenvalue weighted by atomic mass is 79.9. The Morgan fingerprint density at radius 2 is 1.52 bits per heavy atom. The van der Waals surface area contributed by atoms with Crippen molar-refractivity contribution in [3.63, 3.8) is 0 Å². The number of aryl methyl sites for hydroxylation is 1. The highest BCUT2D eigenvalue weighted by Crippen LogP contribution is 2.27. The topological polar surface area (TPSA) is 96.0 Å². The number of carbonyl (C=O) groups excluding carboxylic acids is 2. The van der Waals surface area contributed by atoms with Crippen molar-refractivity contribution in [2.45, 2.75) is 44.7 Å². The summed E-state index contributed by atoms with van der Waals surface area (Å²) in [4.78, 5) is 30.0. The van der Waals surface area contributed by atoms with Crippen LogP contribution in [0.1, 0.15) is 30.5 Å². The number of nitrogens with zero attached hydrogens (tertiary/aromatic N) is 2. The van der Waals surface area contributed by atoms with Crippen molar-refractivity contribution < 1.29 is 22.7 Å². The number of amides is 2. The number of ether oxygens (including phenoxy) is 1. The SMILES string of the molecule is COc1ccc(N(CC(=O)N(Cc2cccc(Br)c2)C(Cc2ccccc2)C(=O)NCC(C)C)S(=O)(=O)c2ccc(C)cc2)cc1. The first kappa shape index (κ1) is 34.7. The fraction of sp³-hybridized carbons (Fsp3) is 0.278. The molecule has 1 atom stereocenters. The van der Waals surface area contributed by atoms with E-state index in [4.69, 9.17) is 4.74 Å². The van der Waals surface area contributed by atoms with E-state index in [0.717, 1.165) is 25.5 Å². The molecule has 0 bridgehead atoms. The summed E-state index contributed by atoms with van der Waals surface area (Å²) in [6, 6.07) is 29.1. The fourth-order valence-electron chi connectivity index (χ4n) is 4.92. The Kier molecular flexibility index (Phi) is 12.0. The molecule has 0 radical (unpaired) electrons. The van der Waals surface area contributed by atoms with Crippen molar-refractivity contribution in [1.29, 1.82) is 0 Å². The summed E-state index contributed by atoms with van der Waals surface area (Å²) < 4.78 is 35.5. The van der Waals surface area contributed by atoms with Crippen molar-refractivity contribution in [2.24, 2.45) is 5.92 Å². The average molecular weight is 707 g/mol. The molecule has 10 heteroatoms. The number of hydrogen-bond acceptors (Lipinski definition) is 5. The van der Waals surface area contributed by atoms with Crippen LogP contribution >= 0.6 is 15.9 Å². The molecule has 1 unspecified atom stereocenters. The summed E-state index contributed by atoms with van der Waals surface area (Å²) in [5, 5.41) is 3.01. The molecule has 0 aromatic heterocycles. The Hall–Kier alpha value is -4.15. The predicted octanol–water partition coefficient (Wildman–Crippen LogP) is 6.37. The fourth-order valence-corrected chi connectivity index (χ4v) is 6.78. The Bertz CT molecular complexity index is 1710. The molecular formula is C36H40BrN3O5S. The summed E-state index contributed by atoms with van der Waals surface area (Å²) >= 11 is 3.51. The molecule has 0 saturated carbocycles. The van der Waals surface area contributed by atoms with Gasteiger partial charge in [0.15, 0.2) is 0 Å². The number of halogens is 1. The molecule has 1 N–H and O–H groups in total. The lowest BCUT2D eigenvalue weighted by molar-refractivity contribution is -0.140. The number of carbonyl (C=O) groups is 2. The number of rotatable bonds is 14. The molecular weight excluding hydrogens is 666 g/mol. The number of benzene rings is 4. The molecule has 0 saturated heterocycles. The Morgan fingerprint density at radius 3 is 2.13 bits per heavy atom. The van der Waals surface area contributed by atoms with Crippen LogP contribution in [0.15, 0.2) is 112 Å². The van der Waals surface area contributed by atoms with Crippen molar-refractivity contribution in [1.82, 2.24) is 10.2 Å². The van der Waals surface area contributed by atoms with E-state index in [2.05, 4.69) is 21.2 Å². The van der Waals surface area contributed by atoms with Gasteiger partial charge in [-0.15, -0.1) is 0 Å². The molecule has 0 aliphatic rings. The molecule has 0 fully saturated rings. The third kappa shape index (κ3) is 9.20. The minimum Gasteiger partial charge on any atom is -0.497 e. The quantitative estimate of drug-likeness (QED) is 0.164. The van der Waals surface area contributed by atoms with Gasteiger partial charge >= 0.3 is 0 Å². The number of sulfonamides is 1. The molecule has 0 heterocycles. The van der Waals surface area contributed by atoms with Gasteiger partial charge in [0.2, 0.25) is 11.8 Å². The molecule has 46 heavy (non-hydrogen) atoms. The van der Waals surface area contributed by atoms with Crippen LogP contribution < -0.4 is 14.4 Å². The van der Waals surface area contributed by atoms with Crippen molar-refractivity contribution in [3.05, 3.63) is 124 Å². The molecule has 4 rings (SSSR count). The summed E-state index contributed by atoms with van der Waals surface area (Å²) in [7, 11) is -2.66. The second-order valence-electron chi connectivity index (χ2n) is 11.5. The zero-order valence-electron chi connectivity index (χ0n) is 26.5. The Balaban J connectivity index is 1.80. The number of methoxy groups -OCH3 is 1. The molecule has 242 valence electrons. The average Bonchev–Trinajstić information content (AvgIpc) is 3.04.